The number of pyridine rings is 1. The summed E-state index contributed by atoms with van der Waals surface area (Å²) in [6.45, 7) is 0. The maximum atomic E-state index is 13.0. The number of carbonyl (C=O) groups excluding carboxylic acids is 2. The van der Waals surface area contributed by atoms with Crippen LogP contribution in [-0.2, 0) is 22.4 Å². The third kappa shape index (κ3) is 3.59. The highest BCUT2D eigenvalue weighted by molar-refractivity contribution is 5.93. The molecule has 35 heavy (non-hydrogen) atoms. The van der Waals surface area contributed by atoms with Crippen LogP contribution in [-0.4, -0.2) is 22.8 Å². The van der Waals surface area contributed by atoms with Crippen LogP contribution >= 0.6 is 0 Å². The lowest BCUT2D eigenvalue weighted by atomic mass is 9.93. The summed E-state index contributed by atoms with van der Waals surface area (Å²) in [6.07, 6.45) is 6.15. The van der Waals surface area contributed by atoms with Crippen molar-refractivity contribution in [2.24, 2.45) is 5.92 Å². The number of anilines is 1. The van der Waals surface area contributed by atoms with E-state index in [0.717, 1.165) is 35.5 Å². The molecule has 4 atom stereocenters. The van der Waals surface area contributed by atoms with Gasteiger partial charge in [-0.1, -0.05) is 24.3 Å². The van der Waals surface area contributed by atoms with Crippen molar-refractivity contribution in [3.8, 4) is 17.2 Å². The van der Waals surface area contributed by atoms with Crippen molar-refractivity contribution >= 4 is 17.5 Å². The van der Waals surface area contributed by atoms with E-state index in [9.17, 15) is 9.59 Å². The standard InChI is InChI=1S/C29H26N2O4/c32-18(13-17-6-5-16-3-1-2-4-20(16)17)14-23-27-22-15-19(7-9-24(22)35-28(23)27)34-25-11-12-30-29-21(25)8-10-26(33)31-29/h1-4,7,9,11-12,15,17,23,27-28H,5-6,8,10,13-14H2,(H,30,31,33)/t17-,23?,27+,28-/m1/s1. The Balaban J connectivity index is 1.03. The Morgan fingerprint density at radius 2 is 1.97 bits per heavy atom. The Labute approximate surface area is 203 Å². The molecule has 1 saturated carbocycles. The molecular formula is C29H26N2O4. The van der Waals surface area contributed by atoms with Gasteiger partial charge in [-0.2, -0.15) is 0 Å². The Hall–Kier alpha value is -3.67. The Morgan fingerprint density at radius 1 is 1.06 bits per heavy atom. The minimum absolute atomic E-state index is 0.0191. The van der Waals surface area contributed by atoms with E-state index in [4.69, 9.17) is 9.47 Å². The second-order valence-electron chi connectivity index (χ2n) is 10.1. The van der Waals surface area contributed by atoms with Crippen LogP contribution in [0.3, 0.4) is 0 Å². The molecule has 3 aromatic rings. The van der Waals surface area contributed by atoms with Crippen LogP contribution in [0.5, 0.6) is 17.2 Å². The first-order valence-corrected chi connectivity index (χ1v) is 12.5. The van der Waals surface area contributed by atoms with Crippen molar-refractivity contribution in [3.05, 3.63) is 77.0 Å². The molecule has 176 valence electrons. The van der Waals surface area contributed by atoms with E-state index in [1.54, 1.807) is 6.20 Å². The Bertz CT molecular complexity index is 1370. The molecule has 1 aromatic heterocycles. The lowest BCUT2D eigenvalue weighted by Crippen LogP contribution is -2.20. The smallest absolute Gasteiger partial charge is 0.225 e. The van der Waals surface area contributed by atoms with Gasteiger partial charge in [0, 0.05) is 48.4 Å². The summed E-state index contributed by atoms with van der Waals surface area (Å²) in [4.78, 5) is 28.9. The molecule has 1 unspecified atom stereocenters. The lowest BCUT2D eigenvalue weighted by molar-refractivity contribution is -0.120. The van der Waals surface area contributed by atoms with Crippen LogP contribution in [0.15, 0.2) is 54.7 Å². The number of benzene rings is 2. The first-order valence-electron chi connectivity index (χ1n) is 12.5. The van der Waals surface area contributed by atoms with E-state index in [0.29, 0.717) is 49.0 Å². The fourth-order valence-corrected chi connectivity index (χ4v) is 6.22. The first kappa shape index (κ1) is 20.7. The summed E-state index contributed by atoms with van der Waals surface area (Å²) in [7, 11) is 0. The van der Waals surface area contributed by atoms with E-state index in [2.05, 4.69) is 34.6 Å². The molecule has 1 fully saturated rings. The summed E-state index contributed by atoms with van der Waals surface area (Å²) < 4.78 is 12.4. The minimum Gasteiger partial charge on any atom is -0.489 e. The summed E-state index contributed by atoms with van der Waals surface area (Å²) in [5.41, 5.74) is 4.81. The first-order chi connectivity index (χ1) is 17.1. The maximum absolute atomic E-state index is 13.0. The largest absolute Gasteiger partial charge is 0.489 e. The predicted molar refractivity (Wildman–Crippen MR) is 130 cm³/mol. The zero-order chi connectivity index (χ0) is 23.5. The number of nitrogens with zero attached hydrogens (tertiary/aromatic N) is 1. The highest BCUT2D eigenvalue weighted by Crippen LogP contribution is 2.60. The van der Waals surface area contributed by atoms with Gasteiger partial charge in [-0.25, -0.2) is 4.98 Å². The Kier molecular flexibility index (Phi) is 4.69. The molecule has 3 heterocycles. The number of Topliss-reactive ketones (excluding diaryl/α,β-unsaturated/α-hetero) is 1. The number of aryl methyl sites for hydroxylation is 1. The summed E-state index contributed by atoms with van der Waals surface area (Å²) in [6, 6.07) is 16.3. The van der Waals surface area contributed by atoms with Crippen LogP contribution < -0.4 is 14.8 Å². The molecule has 4 aliphatic rings. The van der Waals surface area contributed by atoms with Gasteiger partial charge in [0.05, 0.1) is 0 Å². The molecule has 2 aliphatic carbocycles. The molecule has 0 bridgehead atoms. The number of ether oxygens (including phenoxy) is 2. The molecule has 0 saturated heterocycles. The van der Waals surface area contributed by atoms with E-state index >= 15 is 0 Å². The van der Waals surface area contributed by atoms with Gasteiger partial charge < -0.3 is 14.8 Å². The summed E-state index contributed by atoms with van der Waals surface area (Å²) in [5, 5.41) is 2.81. The van der Waals surface area contributed by atoms with Crippen LogP contribution in [0.4, 0.5) is 5.82 Å². The average Bonchev–Trinajstić information content (AvgIpc) is 3.18. The number of amides is 1. The van der Waals surface area contributed by atoms with Crippen molar-refractivity contribution in [3.63, 3.8) is 0 Å². The van der Waals surface area contributed by atoms with Gasteiger partial charge in [-0.05, 0) is 60.6 Å². The van der Waals surface area contributed by atoms with Crippen molar-refractivity contribution in [1.82, 2.24) is 4.98 Å². The molecule has 2 aliphatic heterocycles. The second-order valence-corrected chi connectivity index (χ2v) is 10.1. The van der Waals surface area contributed by atoms with Gasteiger partial charge in [-0.3, -0.25) is 9.59 Å². The van der Waals surface area contributed by atoms with Crippen molar-refractivity contribution < 1.29 is 19.1 Å². The predicted octanol–water partition coefficient (Wildman–Crippen LogP) is 5.31. The number of ketones is 1. The van der Waals surface area contributed by atoms with Crippen LogP contribution in [0.1, 0.15) is 59.8 Å². The molecule has 1 amide bonds. The Morgan fingerprint density at radius 3 is 2.91 bits per heavy atom. The number of hydrogen-bond acceptors (Lipinski definition) is 5. The van der Waals surface area contributed by atoms with E-state index in [1.807, 2.05) is 24.3 Å². The van der Waals surface area contributed by atoms with Gasteiger partial charge >= 0.3 is 0 Å². The van der Waals surface area contributed by atoms with E-state index < -0.39 is 0 Å². The molecule has 2 aromatic carbocycles. The number of carbonyl (C=O) groups is 2. The van der Waals surface area contributed by atoms with Gasteiger partial charge in [0.1, 0.15) is 35.0 Å². The fourth-order valence-electron chi connectivity index (χ4n) is 6.22. The zero-order valence-corrected chi connectivity index (χ0v) is 19.3. The number of nitrogens with one attached hydrogen (secondary N) is 1. The van der Waals surface area contributed by atoms with Crippen molar-refractivity contribution in [2.45, 2.75) is 56.5 Å². The minimum atomic E-state index is -0.0191. The topological polar surface area (TPSA) is 77.5 Å². The fraction of sp³-hybridized carbons (Fsp3) is 0.345. The molecule has 7 rings (SSSR count). The van der Waals surface area contributed by atoms with Crippen LogP contribution in [0.2, 0.25) is 0 Å². The normalized spacial score (nSPS) is 25.0. The number of aromatic nitrogens is 1. The highest BCUT2D eigenvalue weighted by Gasteiger charge is 2.59. The molecular weight excluding hydrogens is 440 g/mol. The monoisotopic (exact) mass is 466 g/mol. The zero-order valence-electron chi connectivity index (χ0n) is 19.3. The number of hydrogen-bond donors (Lipinski definition) is 1. The number of rotatable bonds is 6. The van der Waals surface area contributed by atoms with Gasteiger partial charge in [0.2, 0.25) is 5.91 Å². The third-order valence-electron chi connectivity index (χ3n) is 7.99. The molecule has 1 N–H and O–H groups in total. The number of fused-ring (bicyclic) bond motifs is 5. The van der Waals surface area contributed by atoms with Gasteiger partial charge in [0.15, 0.2) is 0 Å². The molecule has 0 spiro atoms. The molecule has 0 radical (unpaired) electrons. The van der Waals surface area contributed by atoms with E-state index in [1.165, 1.54) is 11.1 Å². The summed E-state index contributed by atoms with van der Waals surface area (Å²) in [5.74, 6) is 4.12. The lowest BCUT2D eigenvalue weighted by Gasteiger charge is -2.19. The maximum Gasteiger partial charge on any atom is 0.225 e. The van der Waals surface area contributed by atoms with Gasteiger partial charge in [0.25, 0.3) is 0 Å². The quantitative estimate of drug-likeness (QED) is 0.533. The van der Waals surface area contributed by atoms with Crippen LogP contribution in [0, 0.1) is 5.92 Å². The second kappa shape index (κ2) is 7.94. The van der Waals surface area contributed by atoms with Gasteiger partial charge in [-0.15, -0.1) is 0 Å². The highest BCUT2D eigenvalue weighted by atomic mass is 16.5. The molecule has 6 heteroatoms. The van der Waals surface area contributed by atoms with Crippen molar-refractivity contribution in [2.75, 3.05) is 5.32 Å². The van der Waals surface area contributed by atoms with E-state index in [-0.39, 0.29) is 23.8 Å². The average molecular weight is 467 g/mol. The molecule has 6 nitrogen and oxygen atoms in total. The summed E-state index contributed by atoms with van der Waals surface area (Å²) >= 11 is 0. The third-order valence-corrected chi connectivity index (χ3v) is 7.99. The van der Waals surface area contributed by atoms with Crippen molar-refractivity contribution in [1.29, 1.82) is 0 Å². The SMILES string of the molecule is O=C(CC1[C@H]2Oc3ccc(Oc4ccnc5c4CCC(=O)N5)cc3[C@@H]12)C[C@H]1CCc2ccccc21. The van der Waals surface area contributed by atoms with Crippen LogP contribution in [0.25, 0.3) is 0 Å².